The molecule has 0 aliphatic heterocycles. The van der Waals surface area contributed by atoms with Gasteiger partial charge in [-0.2, -0.15) is 0 Å². The molecule has 0 spiro atoms. The van der Waals surface area contributed by atoms with Crippen LogP contribution in [0.3, 0.4) is 0 Å². The standard InChI is InChI=1S/C21H17BrN2O3/c1-27-19-12-4-15(5-13-19)21(26)24-18-10-8-17(9-11-18)23-20(25)14-2-6-16(22)7-3-14/h2-13H,1H3,(H,23,25)(H,24,26). The van der Waals surface area contributed by atoms with Crippen LogP contribution in [-0.2, 0) is 0 Å². The maximum absolute atomic E-state index is 12.3. The van der Waals surface area contributed by atoms with Gasteiger partial charge in [0.1, 0.15) is 5.75 Å². The lowest BCUT2D eigenvalue weighted by atomic mass is 10.2. The van der Waals surface area contributed by atoms with E-state index < -0.39 is 0 Å². The Morgan fingerprint density at radius 2 is 1.11 bits per heavy atom. The number of methoxy groups -OCH3 is 1. The summed E-state index contributed by atoms with van der Waals surface area (Å²) in [5.74, 6) is 0.277. The number of anilines is 2. The van der Waals surface area contributed by atoms with Gasteiger partial charge in [0.2, 0.25) is 0 Å². The van der Waals surface area contributed by atoms with E-state index >= 15 is 0 Å². The van der Waals surface area contributed by atoms with Gasteiger partial charge < -0.3 is 15.4 Å². The van der Waals surface area contributed by atoms with E-state index in [1.54, 1.807) is 67.8 Å². The highest BCUT2D eigenvalue weighted by Crippen LogP contribution is 2.18. The summed E-state index contributed by atoms with van der Waals surface area (Å²) >= 11 is 3.34. The second kappa shape index (κ2) is 8.51. The third kappa shape index (κ3) is 4.95. The normalized spacial score (nSPS) is 10.1. The van der Waals surface area contributed by atoms with Crippen LogP contribution in [0.25, 0.3) is 0 Å². The summed E-state index contributed by atoms with van der Waals surface area (Å²) < 4.78 is 5.99. The van der Waals surface area contributed by atoms with Crippen molar-refractivity contribution >= 4 is 39.1 Å². The first-order chi connectivity index (χ1) is 13.0. The van der Waals surface area contributed by atoms with Crippen molar-refractivity contribution in [3.8, 4) is 5.75 Å². The number of halogens is 1. The van der Waals surface area contributed by atoms with E-state index in [0.29, 0.717) is 28.3 Å². The minimum atomic E-state index is -0.218. The quantitative estimate of drug-likeness (QED) is 0.607. The fourth-order valence-corrected chi connectivity index (χ4v) is 2.65. The van der Waals surface area contributed by atoms with Crippen molar-refractivity contribution in [2.45, 2.75) is 0 Å². The zero-order chi connectivity index (χ0) is 19.2. The average Bonchev–Trinajstić information content (AvgIpc) is 2.70. The first-order valence-corrected chi connectivity index (χ1v) is 8.97. The molecule has 0 bridgehead atoms. The molecule has 3 aromatic carbocycles. The Bertz CT molecular complexity index is 937. The van der Waals surface area contributed by atoms with Crippen molar-refractivity contribution in [2.24, 2.45) is 0 Å². The number of rotatable bonds is 5. The molecule has 0 heterocycles. The molecule has 3 aromatic rings. The average molecular weight is 425 g/mol. The maximum atomic E-state index is 12.3. The molecule has 0 saturated heterocycles. The third-order valence-corrected chi connectivity index (χ3v) is 4.39. The Kier molecular flexibility index (Phi) is 5.88. The van der Waals surface area contributed by atoms with Gasteiger partial charge in [-0.3, -0.25) is 9.59 Å². The van der Waals surface area contributed by atoms with Gasteiger partial charge in [0, 0.05) is 27.0 Å². The van der Waals surface area contributed by atoms with Crippen molar-refractivity contribution in [2.75, 3.05) is 17.7 Å². The summed E-state index contributed by atoms with van der Waals surface area (Å²) in [5.41, 5.74) is 2.38. The highest BCUT2D eigenvalue weighted by molar-refractivity contribution is 9.10. The van der Waals surface area contributed by atoms with E-state index in [4.69, 9.17) is 4.74 Å². The zero-order valence-corrected chi connectivity index (χ0v) is 16.1. The predicted molar refractivity (Wildman–Crippen MR) is 109 cm³/mol. The monoisotopic (exact) mass is 424 g/mol. The van der Waals surface area contributed by atoms with Crippen molar-refractivity contribution in [1.82, 2.24) is 0 Å². The molecule has 3 rings (SSSR count). The van der Waals surface area contributed by atoms with Gasteiger partial charge in [0.15, 0.2) is 0 Å². The molecule has 136 valence electrons. The number of amides is 2. The molecular formula is C21H17BrN2O3. The Morgan fingerprint density at radius 3 is 1.52 bits per heavy atom. The lowest BCUT2D eigenvalue weighted by molar-refractivity contribution is 0.101. The summed E-state index contributed by atoms with van der Waals surface area (Å²) in [6.07, 6.45) is 0. The van der Waals surface area contributed by atoms with E-state index in [9.17, 15) is 9.59 Å². The number of benzene rings is 3. The van der Waals surface area contributed by atoms with Crippen molar-refractivity contribution in [3.05, 3.63) is 88.4 Å². The molecule has 0 radical (unpaired) electrons. The molecule has 0 aliphatic rings. The highest BCUT2D eigenvalue weighted by Gasteiger charge is 2.08. The van der Waals surface area contributed by atoms with E-state index in [1.165, 1.54) is 0 Å². The fraction of sp³-hybridized carbons (Fsp3) is 0.0476. The summed E-state index contributed by atoms with van der Waals surface area (Å²) in [6, 6.07) is 20.9. The van der Waals surface area contributed by atoms with Gasteiger partial charge >= 0.3 is 0 Å². The molecular weight excluding hydrogens is 408 g/mol. The minimum absolute atomic E-state index is 0.197. The van der Waals surface area contributed by atoms with Crippen LogP contribution in [0.15, 0.2) is 77.3 Å². The second-order valence-electron chi connectivity index (χ2n) is 5.72. The SMILES string of the molecule is COc1ccc(C(=O)Nc2ccc(NC(=O)c3ccc(Br)cc3)cc2)cc1. The summed E-state index contributed by atoms with van der Waals surface area (Å²) in [4.78, 5) is 24.5. The second-order valence-corrected chi connectivity index (χ2v) is 6.64. The number of carbonyl (C=O) groups is 2. The van der Waals surface area contributed by atoms with Crippen molar-refractivity contribution in [3.63, 3.8) is 0 Å². The smallest absolute Gasteiger partial charge is 0.255 e. The number of nitrogens with one attached hydrogen (secondary N) is 2. The highest BCUT2D eigenvalue weighted by atomic mass is 79.9. The largest absolute Gasteiger partial charge is 0.497 e. The number of ether oxygens (including phenoxy) is 1. The fourth-order valence-electron chi connectivity index (χ4n) is 2.39. The van der Waals surface area contributed by atoms with Gasteiger partial charge in [0.25, 0.3) is 11.8 Å². The predicted octanol–water partition coefficient (Wildman–Crippen LogP) is 4.96. The Balaban J connectivity index is 1.61. The van der Waals surface area contributed by atoms with E-state index in [0.717, 1.165) is 4.47 Å². The van der Waals surface area contributed by atoms with Crippen molar-refractivity contribution in [1.29, 1.82) is 0 Å². The van der Waals surface area contributed by atoms with Gasteiger partial charge in [0.05, 0.1) is 7.11 Å². The molecule has 6 heteroatoms. The Hall–Kier alpha value is -3.12. The van der Waals surface area contributed by atoms with Gasteiger partial charge in [-0.1, -0.05) is 15.9 Å². The van der Waals surface area contributed by atoms with E-state index in [2.05, 4.69) is 26.6 Å². The molecule has 0 atom stereocenters. The number of hydrogen-bond acceptors (Lipinski definition) is 3. The van der Waals surface area contributed by atoms with E-state index in [-0.39, 0.29) is 11.8 Å². The number of hydrogen-bond donors (Lipinski definition) is 2. The number of carbonyl (C=O) groups excluding carboxylic acids is 2. The first-order valence-electron chi connectivity index (χ1n) is 8.17. The minimum Gasteiger partial charge on any atom is -0.497 e. The van der Waals surface area contributed by atoms with Crippen LogP contribution < -0.4 is 15.4 Å². The summed E-state index contributed by atoms with van der Waals surface area (Å²) in [5, 5.41) is 5.64. The molecule has 0 aliphatic carbocycles. The van der Waals surface area contributed by atoms with Gasteiger partial charge in [-0.05, 0) is 72.8 Å². The van der Waals surface area contributed by atoms with Crippen LogP contribution in [0.4, 0.5) is 11.4 Å². The van der Waals surface area contributed by atoms with Gasteiger partial charge in [-0.25, -0.2) is 0 Å². The topological polar surface area (TPSA) is 67.4 Å². The van der Waals surface area contributed by atoms with Gasteiger partial charge in [-0.15, -0.1) is 0 Å². The van der Waals surface area contributed by atoms with Crippen LogP contribution in [0.2, 0.25) is 0 Å². The molecule has 0 aromatic heterocycles. The lowest BCUT2D eigenvalue weighted by Gasteiger charge is -2.09. The van der Waals surface area contributed by atoms with Crippen LogP contribution in [0.5, 0.6) is 5.75 Å². The first kappa shape index (κ1) is 18.7. The Labute approximate surface area is 165 Å². The molecule has 27 heavy (non-hydrogen) atoms. The molecule has 2 amide bonds. The third-order valence-electron chi connectivity index (χ3n) is 3.86. The summed E-state index contributed by atoms with van der Waals surface area (Å²) in [6.45, 7) is 0. The lowest BCUT2D eigenvalue weighted by Crippen LogP contribution is -2.13. The molecule has 0 saturated carbocycles. The van der Waals surface area contributed by atoms with Crippen LogP contribution in [-0.4, -0.2) is 18.9 Å². The molecule has 0 fully saturated rings. The molecule has 0 unspecified atom stereocenters. The van der Waals surface area contributed by atoms with Crippen LogP contribution in [0.1, 0.15) is 20.7 Å². The van der Waals surface area contributed by atoms with Crippen LogP contribution in [0, 0.1) is 0 Å². The Morgan fingerprint density at radius 1 is 0.704 bits per heavy atom. The molecule has 2 N–H and O–H groups in total. The van der Waals surface area contributed by atoms with Crippen LogP contribution >= 0.6 is 15.9 Å². The molecule has 5 nitrogen and oxygen atoms in total. The summed E-state index contributed by atoms with van der Waals surface area (Å²) in [7, 11) is 1.58. The zero-order valence-electron chi connectivity index (χ0n) is 14.5. The maximum Gasteiger partial charge on any atom is 0.255 e. The van der Waals surface area contributed by atoms with Crippen molar-refractivity contribution < 1.29 is 14.3 Å². The van der Waals surface area contributed by atoms with E-state index in [1.807, 2.05) is 12.1 Å².